The smallest absolute Gasteiger partial charge is 0.252 e. The highest BCUT2D eigenvalue weighted by Crippen LogP contribution is 2.22. The average molecular weight is 341 g/mol. The Balaban J connectivity index is 2.02. The Kier molecular flexibility index (Phi) is 6.15. The van der Waals surface area contributed by atoms with E-state index in [0.717, 1.165) is 23.6 Å². The van der Waals surface area contributed by atoms with Crippen LogP contribution in [-0.2, 0) is 0 Å². The number of hydrogen-bond acceptors (Lipinski definition) is 4. The Bertz CT molecular complexity index is 709. The van der Waals surface area contributed by atoms with Crippen LogP contribution in [0.15, 0.2) is 42.6 Å². The summed E-state index contributed by atoms with van der Waals surface area (Å²) in [6.07, 6.45) is 1.61. The standard InChI is InChI=1S/C20H27N3O2/c1-20(2,14-23(3)4)13-22-19(24)16-9-10-18(21-12-16)15-7-6-8-17(11-15)25-5/h6-12H,13-14H2,1-5H3,(H,22,24). The molecule has 0 saturated carbocycles. The van der Waals surface area contributed by atoms with Gasteiger partial charge in [0.05, 0.1) is 18.4 Å². The van der Waals surface area contributed by atoms with Gasteiger partial charge in [0.15, 0.2) is 0 Å². The third kappa shape index (κ3) is 5.57. The summed E-state index contributed by atoms with van der Waals surface area (Å²) in [7, 11) is 5.70. The summed E-state index contributed by atoms with van der Waals surface area (Å²) in [6, 6.07) is 11.4. The molecule has 0 fully saturated rings. The van der Waals surface area contributed by atoms with E-state index in [2.05, 4.69) is 29.0 Å². The summed E-state index contributed by atoms with van der Waals surface area (Å²) >= 11 is 0. The van der Waals surface area contributed by atoms with E-state index >= 15 is 0 Å². The fourth-order valence-corrected chi connectivity index (χ4v) is 2.81. The predicted octanol–water partition coefficient (Wildman–Crippen LogP) is 3.07. The van der Waals surface area contributed by atoms with Crippen molar-refractivity contribution in [1.82, 2.24) is 15.2 Å². The number of pyridine rings is 1. The Morgan fingerprint density at radius 1 is 1.24 bits per heavy atom. The average Bonchev–Trinajstić information content (AvgIpc) is 2.59. The van der Waals surface area contributed by atoms with Crippen LogP contribution in [0.3, 0.4) is 0 Å². The van der Waals surface area contributed by atoms with Crippen LogP contribution in [0, 0.1) is 5.41 Å². The third-order valence-corrected chi connectivity index (χ3v) is 3.86. The quantitative estimate of drug-likeness (QED) is 0.841. The van der Waals surface area contributed by atoms with Crippen LogP contribution in [-0.4, -0.2) is 50.1 Å². The summed E-state index contributed by atoms with van der Waals surface area (Å²) in [5.41, 5.74) is 2.33. The maximum atomic E-state index is 12.3. The van der Waals surface area contributed by atoms with E-state index in [1.807, 2.05) is 44.4 Å². The van der Waals surface area contributed by atoms with Crippen LogP contribution in [0.4, 0.5) is 0 Å². The fraction of sp³-hybridized carbons (Fsp3) is 0.400. The highest BCUT2D eigenvalue weighted by atomic mass is 16.5. The molecule has 0 atom stereocenters. The molecule has 1 aromatic carbocycles. The van der Waals surface area contributed by atoms with Gasteiger partial charge in [0, 0.05) is 24.8 Å². The lowest BCUT2D eigenvalue weighted by Crippen LogP contribution is -2.40. The molecule has 1 amide bonds. The van der Waals surface area contributed by atoms with Crippen LogP contribution in [0.1, 0.15) is 24.2 Å². The van der Waals surface area contributed by atoms with Crippen LogP contribution in [0.5, 0.6) is 5.75 Å². The zero-order valence-electron chi connectivity index (χ0n) is 15.7. The Hall–Kier alpha value is -2.40. The van der Waals surface area contributed by atoms with Crippen molar-refractivity contribution in [2.75, 3.05) is 34.3 Å². The number of ether oxygens (including phenoxy) is 1. The zero-order chi connectivity index (χ0) is 18.4. The van der Waals surface area contributed by atoms with Gasteiger partial charge in [-0.3, -0.25) is 9.78 Å². The van der Waals surface area contributed by atoms with Crippen LogP contribution in [0.25, 0.3) is 11.3 Å². The van der Waals surface area contributed by atoms with Gasteiger partial charge in [-0.1, -0.05) is 26.0 Å². The van der Waals surface area contributed by atoms with Gasteiger partial charge in [-0.25, -0.2) is 0 Å². The van der Waals surface area contributed by atoms with Crippen molar-refractivity contribution >= 4 is 5.91 Å². The van der Waals surface area contributed by atoms with Gasteiger partial charge in [0.25, 0.3) is 5.91 Å². The lowest BCUT2D eigenvalue weighted by atomic mass is 9.93. The molecule has 0 unspecified atom stereocenters. The Morgan fingerprint density at radius 3 is 2.60 bits per heavy atom. The number of methoxy groups -OCH3 is 1. The number of benzene rings is 1. The molecule has 134 valence electrons. The molecule has 2 aromatic rings. The summed E-state index contributed by atoms with van der Waals surface area (Å²) < 4.78 is 5.23. The van der Waals surface area contributed by atoms with E-state index in [1.54, 1.807) is 19.4 Å². The number of hydrogen-bond donors (Lipinski definition) is 1. The van der Waals surface area contributed by atoms with Gasteiger partial charge in [-0.15, -0.1) is 0 Å². The molecule has 1 heterocycles. The van der Waals surface area contributed by atoms with Crippen molar-refractivity contribution in [2.24, 2.45) is 5.41 Å². The molecular weight excluding hydrogens is 314 g/mol. The van der Waals surface area contributed by atoms with Crippen molar-refractivity contribution < 1.29 is 9.53 Å². The monoisotopic (exact) mass is 341 g/mol. The van der Waals surface area contributed by atoms with E-state index in [-0.39, 0.29) is 11.3 Å². The van der Waals surface area contributed by atoms with Gasteiger partial charge < -0.3 is 15.0 Å². The second-order valence-corrected chi connectivity index (χ2v) is 7.25. The van der Waals surface area contributed by atoms with Crippen molar-refractivity contribution in [2.45, 2.75) is 13.8 Å². The van der Waals surface area contributed by atoms with E-state index in [9.17, 15) is 4.79 Å². The number of aromatic nitrogens is 1. The number of amides is 1. The van der Waals surface area contributed by atoms with Crippen LogP contribution < -0.4 is 10.1 Å². The summed E-state index contributed by atoms with van der Waals surface area (Å²) in [5, 5.41) is 3.00. The maximum absolute atomic E-state index is 12.3. The van der Waals surface area contributed by atoms with Gasteiger partial charge in [-0.2, -0.15) is 0 Å². The number of nitrogens with zero attached hydrogens (tertiary/aromatic N) is 2. The van der Waals surface area contributed by atoms with Gasteiger partial charge in [-0.05, 0) is 43.8 Å². The van der Waals surface area contributed by atoms with Crippen molar-refractivity contribution in [3.8, 4) is 17.0 Å². The summed E-state index contributed by atoms with van der Waals surface area (Å²) in [5.74, 6) is 0.681. The summed E-state index contributed by atoms with van der Waals surface area (Å²) in [6.45, 7) is 5.79. The molecule has 0 bridgehead atoms. The number of carbonyl (C=O) groups excluding carboxylic acids is 1. The minimum Gasteiger partial charge on any atom is -0.497 e. The Morgan fingerprint density at radius 2 is 2.00 bits per heavy atom. The van der Waals surface area contributed by atoms with Gasteiger partial charge in [0.1, 0.15) is 5.75 Å². The molecule has 25 heavy (non-hydrogen) atoms. The van der Waals surface area contributed by atoms with Crippen LogP contribution in [0.2, 0.25) is 0 Å². The molecule has 2 rings (SSSR count). The summed E-state index contributed by atoms with van der Waals surface area (Å²) in [4.78, 5) is 18.9. The molecule has 5 nitrogen and oxygen atoms in total. The Labute approximate surface area is 150 Å². The van der Waals surface area contributed by atoms with E-state index in [4.69, 9.17) is 4.74 Å². The molecular formula is C20H27N3O2. The first-order chi connectivity index (χ1) is 11.8. The lowest BCUT2D eigenvalue weighted by molar-refractivity contribution is 0.0929. The van der Waals surface area contributed by atoms with Gasteiger partial charge in [0.2, 0.25) is 0 Å². The maximum Gasteiger partial charge on any atom is 0.252 e. The highest BCUT2D eigenvalue weighted by Gasteiger charge is 2.20. The second-order valence-electron chi connectivity index (χ2n) is 7.25. The molecule has 0 aliphatic rings. The molecule has 0 aliphatic heterocycles. The molecule has 0 saturated heterocycles. The third-order valence-electron chi connectivity index (χ3n) is 3.86. The zero-order valence-corrected chi connectivity index (χ0v) is 15.7. The first-order valence-corrected chi connectivity index (χ1v) is 8.34. The van der Waals surface area contributed by atoms with Crippen molar-refractivity contribution in [1.29, 1.82) is 0 Å². The molecule has 5 heteroatoms. The second kappa shape index (κ2) is 8.12. The molecule has 1 N–H and O–H groups in total. The molecule has 0 spiro atoms. The van der Waals surface area contributed by atoms with E-state index in [1.165, 1.54) is 0 Å². The first-order valence-electron chi connectivity index (χ1n) is 8.34. The number of carbonyl (C=O) groups is 1. The minimum absolute atomic E-state index is 0.00706. The molecule has 0 aliphatic carbocycles. The van der Waals surface area contributed by atoms with Gasteiger partial charge >= 0.3 is 0 Å². The topological polar surface area (TPSA) is 54.5 Å². The number of nitrogens with one attached hydrogen (secondary N) is 1. The SMILES string of the molecule is COc1cccc(-c2ccc(C(=O)NCC(C)(C)CN(C)C)cn2)c1. The minimum atomic E-state index is -0.100. The predicted molar refractivity (Wildman–Crippen MR) is 101 cm³/mol. The molecule has 1 aromatic heterocycles. The normalized spacial score (nSPS) is 11.4. The van der Waals surface area contributed by atoms with E-state index in [0.29, 0.717) is 12.1 Å². The largest absolute Gasteiger partial charge is 0.497 e. The van der Waals surface area contributed by atoms with E-state index < -0.39 is 0 Å². The number of rotatable bonds is 7. The molecule has 0 radical (unpaired) electrons. The van der Waals surface area contributed by atoms with Crippen molar-refractivity contribution in [3.63, 3.8) is 0 Å². The lowest BCUT2D eigenvalue weighted by Gasteiger charge is -2.28. The fourth-order valence-electron chi connectivity index (χ4n) is 2.81. The first kappa shape index (κ1) is 18.9. The highest BCUT2D eigenvalue weighted by molar-refractivity contribution is 5.94. The van der Waals surface area contributed by atoms with Crippen molar-refractivity contribution in [3.05, 3.63) is 48.2 Å². The van der Waals surface area contributed by atoms with Crippen LogP contribution >= 0.6 is 0 Å².